The van der Waals surface area contributed by atoms with Crippen LogP contribution >= 0.6 is 0 Å². The molecular weight excluding hydrogens is 426 g/mol. The van der Waals surface area contributed by atoms with Crippen molar-refractivity contribution in [3.8, 4) is 24.0 Å². The van der Waals surface area contributed by atoms with Crippen LogP contribution in [-0.4, -0.2) is 12.4 Å². The van der Waals surface area contributed by atoms with Crippen LogP contribution in [0.4, 0.5) is 26.3 Å². The van der Waals surface area contributed by atoms with Crippen LogP contribution in [0.25, 0.3) is 0 Å². The van der Waals surface area contributed by atoms with Crippen LogP contribution < -0.4 is 9.47 Å². The summed E-state index contributed by atoms with van der Waals surface area (Å²) >= 11 is 0. The zero-order valence-corrected chi connectivity index (χ0v) is 16.8. The molecule has 0 saturated carbocycles. The molecular formula is C21H16F6N2O2. The molecule has 2 aromatic rings. The summed E-state index contributed by atoms with van der Waals surface area (Å²) in [7, 11) is 0. The van der Waals surface area contributed by atoms with Crippen LogP contribution in [0.5, 0.6) is 11.5 Å². The molecule has 0 aliphatic rings. The fourth-order valence-corrected chi connectivity index (χ4v) is 3.73. The van der Waals surface area contributed by atoms with Gasteiger partial charge in [-0.25, -0.2) is 0 Å². The van der Waals surface area contributed by atoms with E-state index in [0.29, 0.717) is 24.3 Å². The Morgan fingerprint density at radius 1 is 0.613 bits per heavy atom. The Kier molecular flexibility index (Phi) is 6.18. The Labute approximate surface area is 174 Å². The fourth-order valence-electron chi connectivity index (χ4n) is 3.73. The third-order valence-electron chi connectivity index (χ3n) is 4.93. The number of halogens is 6. The summed E-state index contributed by atoms with van der Waals surface area (Å²) in [6.07, 6.45) is -8.83. The predicted molar refractivity (Wildman–Crippen MR) is 97.2 cm³/mol. The van der Waals surface area contributed by atoms with Crippen LogP contribution in [-0.2, 0) is 5.41 Å². The summed E-state index contributed by atoms with van der Waals surface area (Å²) in [4.78, 5) is 0. The van der Waals surface area contributed by atoms with Gasteiger partial charge in [0.2, 0.25) is 5.41 Å². The van der Waals surface area contributed by atoms with E-state index in [1.165, 1.54) is 40.2 Å². The first-order chi connectivity index (χ1) is 14.2. The van der Waals surface area contributed by atoms with Gasteiger partial charge in [0.25, 0.3) is 12.5 Å². The van der Waals surface area contributed by atoms with E-state index in [9.17, 15) is 26.3 Å². The van der Waals surface area contributed by atoms with Gasteiger partial charge >= 0.3 is 12.4 Å². The summed E-state index contributed by atoms with van der Waals surface area (Å²) in [6, 6.07) is 2.85. The van der Waals surface area contributed by atoms with E-state index in [-0.39, 0.29) is 33.8 Å². The minimum atomic E-state index is -5.78. The van der Waals surface area contributed by atoms with Crippen LogP contribution in [0.15, 0.2) is 24.3 Å². The maximum absolute atomic E-state index is 14.4. The first-order valence-electron chi connectivity index (χ1n) is 8.71. The number of alkyl halides is 6. The Balaban J connectivity index is 3.02. The lowest BCUT2D eigenvalue weighted by Gasteiger charge is -2.39. The number of nitriles is 2. The van der Waals surface area contributed by atoms with Gasteiger partial charge in [-0.1, -0.05) is 24.3 Å². The lowest BCUT2D eigenvalue weighted by molar-refractivity contribution is -0.288. The molecule has 4 nitrogen and oxygen atoms in total. The van der Waals surface area contributed by atoms with Crippen molar-refractivity contribution in [1.29, 1.82) is 10.5 Å². The summed E-state index contributed by atoms with van der Waals surface area (Å²) in [5, 5.41) is 17.4. The van der Waals surface area contributed by atoms with E-state index in [2.05, 4.69) is 9.47 Å². The van der Waals surface area contributed by atoms with E-state index >= 15 is 0 Å². The molecule has 0 radical (unpaired) electrons. The second kappa shape index (κ2) is 8.03. The molecule has 164 valence electrons. The van der Waals surface area contributed by atoms with Gasteiger partial charge in [0.15, 0.2) is 0 Å². The van der Waals surface area contributed by atoms with Crippen molar-refractivity contribution in [3.05, 3.63) is 57.6 Å². The van der Waals surface area contributed by atoms with Gasteiger partial charge in [0, 0.05) is 0 Å². The molecule has 0 unspecified atom stereocenters. The van der Waals surface area contributed by atoms with E-state index in [1.807, 2.05) is 0 Å². The average molecular weight is 442 g/mol. The summed E-state index contributed by atoms with van der Waals surface area (Å²) < 4.78 is 95.7. The summed E-state index contributed by atoms with van der Waals surface area (Å²) in [5.74, 6) is -0.232. The van der Waals surface area contributed by atoms with Gasteiger partial charge in [-0.15, -0.1) is 10.5 Å². The predicted octanol–water partition coefficient (Wildman–Crippen LogP) is 6.05. The molecule has 0 aliphatic carbocycles. The average Bonchev–Trinajstić information content (AvgIpc) is 2.59. The standard InChI is InChI=1S/C21H16F6N2O2/c1-11-5-15(6-12(2)17(11)30-9-28)19(20(22,23)24,21(25,26)27)16-7-13(3)18(31-10-29)14(4)8-16/h5-8H,1-4H3. The number of hydrogen-bond acceptors (Lipinski definition) is 4. The van der Waals surface area contributed by atoms with Crippen molar-refractivity contribution in [2.45, 2.75) is 45.5 Å². The molecule has 0 fully saturated rings. The number of hydrogen-bond donors (Lipinski definition) is 0. The van der Waals surface area contributed by atoms with Gasteiger partial charge in [-0.3, -0.25) is 0 Å². The van der Waals surface area contributed by atoms with Crippen molar-refractivity contribution in [2.75, 3.05) is 0 Å². The highest BCUT2D eigenvalue weighted by atomic mass is 19.4. The highest BCUT2D eigenvalue weighted by Crippen LogP contribution is 2.57. The van der Waals surface area contributed by atoms with Crippen molar-refractivity contribution in [2.24, 2.45) is 0 Å². The van der Waals surface area contributed by atoms with Gasteiger partial charge in [0.1, 0.15) is 11.5 Å². The van der Waals surface area contributed by atoms with E-state index in [0.717, 1.165) is 0 Å². The van der Waals surface area contributed by atoms with Gasteiger partial charge in [0.05, 0.1) is 0 Å². The normalized spacial score (nSPS) is 12.1. The highest BCUT2D eigenvalue weighted by molar-refractivity contribution is 5.55. The zero-order chi connectivity index (χ0) is 23.8. The van der Waals surface area contributed by atoms with Crippen molar-refractivity contribution < 1.29 is 35.8 Å². The molecule has 0 heterocycles. The third kappa shape index (κ3) is 3.86. The molecule has 2 aromatic carbocycles. The number of aryl methyl sites for hydroxylation is 4. The molecule has 0 bridgehead atoms. The summed E-state index contributed by atoms with van der Waals surface area (Å²) in [5.41, 5.74) is -6.76. The van der Waals surface area contributed by atoms with Crippen molar-refractivity contribution >= 4 is 0 Å². The van der Waals surface area contributed by atoms with Crippen molar-refractivity contribution in [1.82, 2.24) is 0 Å². The van der Waals surface area contributed by atoms with Crippen molar-refractivity contribution in [3.63, 3.8) is 0 Å². The number of rotatable bonds is 4. The van der Waals surface area contributed by atoms with E-state index < -0.39 is 28.9 Å². The molecule has 0 N–H and O–H groups in total. The first-order valence-corrected chi connectivity index (χ1v) is 8.71. The van der Waals surface area contributed by atoms with Crippen LogP contribution in [0.3, 0.4) is 0 Å². The maximum atomic E-state index is 14.4. The number of benzene rings is 2. The smallest absolute Gasteiger partial charge is 0.387 e. The lowest BCUT2D eigenvalue weighted by Crippen LogP contribution is -2.55. The molecule has 31 heavy (non-hydrogen) atoms. The molecule has 0 amide bonds. The van der Waals surface area contributed by atoms with Gasteiger partial charge in [-0.2, -0.15) is 26.3 Å². The van der Waals surface area contributed by atoms with Crippen LogP contribution in [0.1, 0.15) is 33.4 Å². The SMILES string of the molecule is Cc1cc(C(c2cc(C)c(OC#N)c(C)c2)(C(F)(F)F)C(F)(F)F)cc(C)c1OC#N. The maximum Gasteiger partial charge on any atom is 0.411 e. The second-order valence-corrected chi connectivity index (χ2v) is 7.01. The Morgan fingerprint density at radius 2 is 0.871 bits per heavy atom. The molecule has 0 atom stereocenters. The second-order valence-electron chi connectivity index (χ2n) is 7.01. The van der Waals surface area contributed by atoms with Crippen LogP contribution in [0.2, 0.25) is 0 Å². The lowest BCUT2D eigenvalue weighted by atomic mass is 9.71. The van der Waals surface area contributed by atoms with Gasteiger partial charge < -0.3 is 9.47 Å². The van der Waals surface area contributed by atoms with Crippen LogP contribution in [0, 0.1) is 50.7 Å². The number of ether oxygens (including phenoxy) is 2. The quantitative estimate of drug-likeness (QED) is 0.427. The molecule has 0 saturated heterocycles. The monoisotopic (exact) mass is 442 g/mol. The Morgan fingerprint density at radius 3 is 1.06 bits per heavy atom. The largest absolute Gasteiger partial charge is 0.411 e. The molecule has 2 rings (SSSR count). The van der Waals surface area contributed by atoms with E-state index in [1.54, 1.807) is 0 Å². The molecule has 0 aromatic heterocycles. The number of nitrogens with zero attached hydrogens (tertiary/aromatic N) is 2. The Bertz CT molecular complexity index is 957. The minimum absolute atomic E-state index is 0.0627. The minimum Gasteiger partial charge on any atom is -0.387 e. The first kappa shape index (κ1) is 23.9. The van der Waals surface area contributed by atoms with Gasteiger partial charge in [-0.05, 0) is 61.1 Å². The molecule has 10 heteroatoms. The topological polar surface area (TPSA) is 66.0 Å². The zero-order valence-electron chi connectivity index (χ0n) is 16.8. The third-order valence-corrected chi connectivity index (χ3v) is 4.93. The fraction of sp³-hybridized carbons (Fsp3) is 0.333. The molecule has 0 aliphatic heterocycles. The molecule has 0 spiro atoms. The summed E-state index contributed by atoms with van der Waals surface area (Å²) in [6.45, 7) is 5.00. The Hall–Kier alpha value is -3.40. The highest BCUT2D eigenvalue weighted by Gasteiger charge is 2.72. The van der Waals surface area contributed by atoms with E-state index in [4.69, 9.17) is 10.5 Å².